The van der Waals surface area contributed by atoms with Crippen molar-refractivity contribution >= 4 is 6.03 Å². The lowest BCUT2D eigenvalue weighted by atomic mass is 10.0. The van der Waals surface area contributed by atoms with Crippen molar-refractivity contribution in [3.8, 4) is 0 Å². The fourth-order valence-electron chi connectivity index (χ4n) is 3.16. The fourth-order valence-corrected chi connectivity index (χ4v) is 3.16. The molecule has 1 fully saturated rings. The zero-order valence-corrected chi connectivity index (χ0v) is 13.3. The van der Waals surface area contributed by atoms with Gasteiger partial charge < -0.3 is 14.7 Å². The minimum atomic E-state index is -0.280. The molecule has 1 aliphatic rings. The molecule has 1 aromatic carbocycles. The summed E-state index contributed by atoms with van der Waals surface area (Å²) >= 11 is 0. The molecule has 2 heterocycles. The van der Waals surface area contributed by atoms with Crippen molar-refractivity contribution < 1.29 is 13.7 Å². The lowest BCUT2D eigenvalue weighted by Crippen LogP contribution is -2.39. The Balaban J connectivity index is 1.67. The summed E-state index contributed by atoms with van der Waals surface area (Å²) in [5, 5.41) is 6.89. The molecular formula is C17H20FN3O2. The molecule has 1 aromatic heterocycles. The van der Waals surface area contributed by atoms with Crippen LogP contribution in [0.2, 0.25) is 0 Å². The van der Waals surface area contributed by atoms with E-state index in [4.69, 9.17) is 4.52 Å². The number of hydrogen-bond acceptors (Lipinski definition) is 3. The Kier molecular flexibility index (Phi) is 4.32. The molecule has 6 heteroatoms. The SMILES string of the molecule is Cc1noc(C)c1[C@H]1CCCN1C(=O)NCc1ccc(F)cc1. The molecule has 122 valence electrons. The number of carbonyl (C=O) groups is 1. The van der Waals surface area contributed by atoms with Gasteiger partial charge in [-0.15, -0.1) is 0 Å². The standard InChI is InChI=1S/C17H20FN3O2/c1-11-16(12(2)23-20-11)15-4-3-9-21(15)17(22)19-10-13-5-7-14(18)8-6-13/h5-8,15H,3-4,9-10H2,1-2H3,(H,19,22)/t15-/m1/s1. The Hall–Kier alpha value is -2.37. The Bertz CT molecular complexity index is 677. The smallest absolute Gasteiger partial charge is 0.318 e. The molecule has 5 nitrogen and oxygen atoms in total. The van der Waals surface area contributed by atoms with Gasteiger partial charge in [-0.1, -0.05) is 17.3 Å². The van der Waals surface area contributed by atoms with Crippen LogP contribution in [0.1, 0.15) is 41.5 Å². The van der Waals surface area contributed by atoms with Crippen LogP contribution in [0.4, 0.5) is 9.18 Å². The molecule has 0 bridgehead atoms. The number of rotatable bonds is 3. The maximum atomic E-state index is 12.9. The van der Waals surface area contributed by atoms with Gasteiger partial charge in [0.15, 0.2) is 0 Å². The van der Waals surface area contributed by atoms with Gasteiger partial charge in [0.1, 0.15) is 11.6 Å². The minimum Gasteiger partial charge on any atom is -0.361 e. The van der Waals surface area contributed by atoms with Crippen molar-refractivity contribution in [2.75, 3.05) is 6.54 Å². The molecule has 1 atom stereocenters. The number of hydrogen-bond donors (Lipinski definition) is 1. The predicted octanol–water partition coefficient (Wildman–Crippen LogP) is 3.48. The Morgan fingerprint density at radius 1 is 1.39 bits per heavy atom. The molecule has 0 aliphatic carbocycles. The molecule has 1 saturated heterocycles. The third kappa shape index (κ3) is 3.21. The van der Waals surface area contributed by atoms with Crippen molar-refractivity contribution in [2.45, 2.75) is 39.3 Å². The second-order valence-electron chi connectivity index (χ2n) is 5.87. The molecule has 1 N–H and O–H groups in total. The zero-order valence-electron chi connectivity index (χ0n) is 13.3. The normalized spacial score (nSPS) is 17.5. The van der Waals surface area contributed by atoms with E-state index in [-0.39, 0.29) is 17.9 Å². The first-order chi connectivity index (χ1) is 11.1. The highest BCUT2D eigenvalue weighted by Gasteiger charge is 2.33. The Labute approximate surface area is 134 Å². The number of likely N-dealkylation sites (tertiary alicyclic amines) is 1. The summed E-state index contributed by atoms with van der Waals surface area (Å²) in [6.07, 6.45) is 1.87. The molecule has 0 spiro atoms. The number of halogens is 1. The van der Waals surface area contributed by atoms with Crippen molar-refractivity contribution in [1.29, 1.82) is 0 Å². The van der Waals surface area contributed by atoms with E-state index in [0.29, 0.717) is 13.1 Å². The van der Waals surface area contributed by atoms with E-state index in [1.54, 1.807) is 12.1 Å². The second kappa shape index (κ2) is 6.40. The molecule has 3 rings (SSSR count). The first kappa shape index (κ1) is 15.5. The van der Waals surface area contributed by atoms with Crippen molar-refractivity contribution in [3.63, 3.8) is 0 Å². The van der Waals surface area contributed by atoms with Gasteiger partial charge in [-0.25, -0.2) is 9.18 Å². The third-order valence-electron chi connectivity index (χ3n) is 4.29. The van der Waals surface area contributed by atoms with E-state index >= 15 is 0 Å². The van der Waals surface area contributed by atoms with Crippen LogP contribution in [0, 0.1) is 19.7 Å². The van der Waals surface area contributed by atoms with Crippen molar-refractivity contribution in [3.05, 3.63) is 52.7 Å². The van der Waals surface area contributed by atoms with Gasteiger partial charge in [-0.05, 0) is 44.4 Å². The van der Waals surface area contributed by atoms with E-state index in [1.165, 1.54) is 12.1 Å². The average molecular weight is 317 g/mol. The summed E-state index contributed by atoms with van der Waals surface area (Å²) in [5.41, 5.74) is 2.72. The van der Waals surface area contributed by atoms with Gasteiger partial charge in [0.25, 0.3) is 0 Å². The maximum Gasteiger partial charge on any atom is 0.318 e. The molecule has 23 heavy (non-hydrogen) atoms. The number of benzene rings is 1. The largest absolute Gasteiger partial charge is 0.361 e. The Morgan fingerprint density at radius 2 is 2.13 bits per heavy atom. The van der Waals surface area contributed by atoms with Crippen LogP contribution in [-0.2, 0) is 6.54 Å². The van der Waals surface area contributed by atoms with Gasteiger partial charge in [-0.3, -0.25) is 0 Å². The highest BCUT2D eigenvalue weighted by Crippen LogP contribution is 2.35. The fraction of sp³-hybridized carbons (Fsp3) is 0.412. The summed E-state index contributed by atoms with van der Waals surface area (Å²) in [7, 11) is 0. The van der Waals surface area contributed by atoms with Gasteiger partial charge in [0, 0.05) is 18.7 Å². The van der Waals surface area contributed by atoms with E-state index in [2.05, 4.69) is 10.5 Å². The number of nitrogens with one attached hydrogen (secondary N) is 1. The summed E-state index contributed by atoms with van der Waals surface area (Å²) in [4.78, 5) is 14.3. The number of nitrogens with zero attached hydrogens (tertiary/aromatic N) is 2. The van der Waals surface area contributed by atoms with Gasteiger partial charge in [-0.2, -0.15) is 0 Å². The minimum absolute atomic E-state index is 0.00877. The first-order valence-corrected chi connectivity index (χ1v) is 7.78. The van der Waals surface area contributed by atoms with Gasteiger partial charge >= 0.3 is 6.03 Å². The summed E-state index contributed by atoms with van der Waals surface area (Å²) < 4.78 is 18.1. The van der Waals surface area contributed by atoms with E-state index in [1.807, 2.05) is 18.7 Å². The van der Waals surface area contributed by atoms with Crippen molar-refractivity contribution in [2.24, 2.45) is 0 Å². The Morgan fingerprint density at radius 3 is 2.78 bits per heavy atom. The average Bonchev–Trinajstić information content (AvgIpc) is 3.13. The molecule has 2 aromatic rings. The molecule has 0 saturated carbocycles. The molecule has 1 aliphatic heterocycles. The number of amides is 2. The van der Waals surface area contributed by atoms with E-state index in [0.717, 1.165) is 35.4 Å². The van der Waals surface area contributed by atoms with Crippen LogP contribution >= 0.6 is 0 Å². The third-order valence-corrected chi connectivity index (χ3v) is 4.29. The second-order valence-corrected chi connectivity index (χ2v) is 5.87. The highest BCUT2D eigenvalue weighted by atomic mass is 19.1. The number of aromatic nitrogens is 1. The topological polar surface area (TPSA) is 58.4 Å². The van der Waals surface area contributed by atoms with Crippen LogP contribution < -0.4 is 5.32 Å². The van der Waals surface area contributed by atoms with Crippen LogP contribution in [-0.4, -0.2) is 22.6 Å². The lowest BCUT2D eigenvalue weighted by molar-refractivity contribution is 0.192. The monoisotopic (exact) mass is 317 g/mol. The maximum absolute atomic E-state index is 12.9. The predicted molar refractivity (Wildman–Crippen MR) is 83.3 cm³/mol. The van der Waals surface area contributed by atoms with Gasteiger partial charge in [0.2, 0.25) is 0 Å². The molecular weight excluding hydrogens is 297 g/mol. The quantitative estimate of drug-likeness (QED) is 0.943. The van der Waals surface area contributed by atoms with Crippen LogP contribution in [0.5, 0.6) is 0 Å². The summed E-state index contributed by atoms with van der Waals surface area (Å²) in [5.74, 6) is 0.490. The lowest BCUT2D eigenvalue weighted by Gasteiger charge is -2.25. The van der Waals surface area contributed by atoms with E-state index in [9.17, 15) is 9.18 Å². The number of carbonyl (C=O) groups excluding carboxylic acids is 1. The van der Waals surface area contributed by atoms with Crippen LogP contribution in [0.25, 0.3) is 0 Å². The first-order valence-electron chi connectivity index (χ1n) is 7.78. The highest BCUT2D eigenvalue weighted by molar-refractivity contribution is 5.75. The van der Waals surface area contributed by atoms with Gasteiger partial charge in [0.05, 0.1) is 11.7 Å². The van der Waals surface area contributed by atoms with Crippen molar-refractivity contribution in [1.82, 2.24) is 15.4 Å². The molecule has 2 amide bonds. The van der Waals surface area contributed by atoms with Crippen LogP contribution in [0.15, 0.2) is 28.8 Å². The number of aryl methyl sites for hydroxylation is 2. The van der Waals surface area contributed by atoms with E-state index < -0.39 is 0 Å². The van der Waals surface area contributed by atoms with Crippen LogP contribution in [0.3, 0.4) is 0 Å². The molecule has 0 radical (unpaired) electrons. The number of urea groups is 1. The summed E-state index contributed by atoms with van der Waals surface area (Å²) in [6, 6.07) is 6.02. The summed E-state index contributed by atoms with van der Waals surface area (Å²) in [6.45, 7) is 4.87. The molecule has 0 unspecified atom stereocenters. The zero-order chi connectivity index (χ0) is 16.4.